The number of piperidine rings is 1. The molecule has 1 atom stereocenters. The van der Waals surface area contributed by atoms with Crippen LogP contribution in [0.4, 0.5) is 5.82 Å². The summed E-state index contributed by atoms with van der Waals surface area (Å²) in [5, 5.41) is 15.7. The van der Waals surface area contributed by atoms with Crippen molar-refractivity contribution in [2.45, 2.75) is 38.3 Å². The van der Waals surface area contributed by atoms with Crippen molar-refractivity contribution >= 4 is 23.3 Å². The number of halogens is 1. The highest BCUT2D eigenvalue weighted by atomic mass is 35.5. The van der Waals surface area contributed by atoms with Crippen LogP contribution in [0.1, 0.15) is 32.2 Å². The molecule has 0 unspecified atom stereocenters. The maximum absolute atomic E-state index is 12.5. The summed E-state index contributed by atoms with van der Waals surface area (Å²) in [7, 11) is 0. The van der Waals surface area contributed by atoms with Crippen LogP contribution < -0.4 is 10.2 Å². The first kappa shape index (κ1) is 16.7. The van der Waals surface area contributed by atoms with E-state index in [0.29, 0.717) is 11.6 Å². The van der Waals surface area contributed by atoms with Crippen LogP contribution in [0.2, 0.25) is 5.15 Å². The Hall–Kier alpha value is -2.15. The van der Waals surface area contributed by atoms with Gasteiger partial charge in [0, 0.05) is 31.5 Å². The van der Waals surface area contributed by atoms with Gasteiger partial charge in [0.1, 0.15) is 6.04 Å². The van der Waals surface area contributed by atoms with E-state index in [0.717, 1.165) is 31.7 Å². The summed E-state index contributed by atoms with van der Waals surface area (Å²) in [6.45, 7) is 3.66. The Morgan fingerprint density at radius 2 is 2.17 bits per heavy atom. The molecule has 0 saturated carbocycles. The zero-order valence-corrected chi connectivity index (χ0v) is 14.4. The summed E-state index contributed by atoms with van der Waals surface area (Å²) in [6, 6.07) is 5.38. The molecule has 2 aromatic rings. The van der Waals surface area contributed by atoms with Gasteiger partial charge in [-0.2, -0.15) is 5.10 Å². The molecule has 2 aromatic heterocycles. The third kappa shape index (κ3) is 3.84. The van der Waals surface area contributed by atoms with Crippen LogP contribution in [0.25, 0.3) is 0 Å². The van der Waals surface area contributed by atoms with E-state index in [9.17, 15) is 4.79 Å². The minimum atomic E-state index is -0.250. The molecule has 0 aliphatic carbocycles. The molecule has 0 aromatic carbocycles. The molecule has 7 nitrogen and oxygen atoms in total. The van der Waals surface area contributed by atoms with Crippen LogP contribution in [0.5, 0.6) is 0 Å². The van der Waals surface area contributed by atoms with E-state index < -0.39 is 0 Å². The number of rotatable bonds is 5. The molecule has 1 saturated heterocycles. The molecule has 3 heterocycles. The standard InChI is InChI=1S/C16H21ClN6O/c1-2-13(23-9-3-8-18-23)16(24)19-12-6-10-22(11-7-12)15-5-4-14(17)20-21-15/h3-5,8-9,12-13H,2,6-7,10-11H2,1H3,(H,19,24)/t13-/m1/s1. The fourth-order valence-corrected chi connectivity index (χ4v) is 3.09. The van der Waals surface area contributed by atoms with Gasteiger partial charge in [-0.25, -0.2) is 0 Å². The lowest BCUT2D eigenvalue weighted by molar-refractivity contribution is -0.125. The maximum Gasteiger partial charge on any atom is 0.245 e. The van der Waals surface area contributed by atoms with Crippen LogP contribution >= 0.6 is 11.6 Å². The fourth-order valence-electron chi connectivity index (χ4n) is 2.99. The van der Waals surface area contributed by atoms with E-state index in [1.807, 2.05) is 25.3 Å². The second-order valence-electron chi connectivity index (χ2n) is 5.89. The highest BCUT2D eigenvalue weighted by Crippen LogP contribution is 2.19. The molecular formula is C16H21ClN6O. The molecular weight excluding hydrogens is 328 g/mol. The molecule has 24 heavy (non-hydrogen) atoms. The Kier molecular flexibility index (Phi) is 5.30. The molecule has 128 valence electrons. The number of aromatic nitrogens is 4. The second-order valence-corrected chi connectivity index (χ2v) is 6.28. The molecule has 1 aliphatic rings. The molecule has 0 radical (unpaired) electrons. The van der Waals surface area contributed by atoms with Gasteiger partial charge in [-0.15, -0.1) is 10.2 Å². The van der Waals surface area contributed by atoms with Gasteiger partial charge in [0.25, 0.3) is 0 Å². The Bertz CT molecular complexity index is 652. The van der Waals surface area contributed by atoms with Crippen LogP contribution in [-0.2, 0) is 4.79 Å². The van der Waals surface area contributed by atoms with Gasteiger partial charge in [-0.05, 0) is 37.5 Å². The number of nitrogens with zero attached hydrogens (tertiary/aromatic N) is 5. The Morgan fingerprint density at radius 3 is 2.75 bits per heavy atom. The smallest absolute Gasteiger partial charge is 0.245 e. The predicted molar refractivity (Wildman–Crippen MR) is 92.0 cm³/mol. The Balaban J connectivity index is 1.53. The molecule has 8 heteroatoms. The highest BCUT2D eigenvalue weighted by molar-refractivity contribution is 6.29. The minimum absolute atomic E-state index is 0.0333. The van der Waals surface area contributed by atoms with Crippen molar-refractivity contribution in [2.24, 2.45) is 0 Å². The summed E-state index contributed by atoms with van der Waals surface area (Å²) >= 11 is 5.77. The lowest BCUT2D eigenvalue weighted by Gasteiger charge is -2.33. The number of nitrogens with one attached hydrogen (secondary N) is 1. The Morgan fingerprint density at radius 1 is 1.38 bits per heavy atom. The average molecular weight is 349 g/mol. The van der Waals surface area contributed by atoms with Gasteiger partial charge < -0.3 is 10.2 Å². The fraction of sp³-hybridized carbons (Fsp3) is 0.500. The zero-order chi connectivity index (χ0) is 16.9. The summed E-state index contributed by atoms with van der Waals surface area (Å²) in [6.07, 6.45) is 6.00. The van der Waals surface area contributed by atoms with E-state index >= 15 is 0 Å². The van der Waals surface area contributed by atoms with Crippen molar-refractivity contribution in [1.82, 2.24) is 25.3 Å². The number of hydrogen-bond donors (Lipinski definition) is 1. The monoisotopic (exact) mass is 348 g/mol. The van der Waals surface area contributed by atoms with Gasteiger partial charge in [0.05, 0.1) is 0 Å². The first-order valence-electron chi connectivity index (χ1n) is 8.21. The molecule has 0 bridgehead atoms. The van der Waals surface area contributed by atoms with Crippen molar-refractivity contribution < 1.29 is 4.79 Å². The maximum atomic E-state index is 12.5. The van der Waals surface area contributed by atoms with Crippen molar-refractivity contribution in [1.29, 1.82) is 0 Å². The van der Waals surface area contributed by atoms with Crippen LogP contribution in [-0.4, -0.2) is 45.0 Å². The molecule has 0 spiro atoms. The summed E-state index contributed by atoms with van der Waals surface area (Å²) in [5.74, 6) is 0.859. The number of amides is 1. The first-order chi connectivity index (χ1) is 11.7. The SMILES string of the molecule is CC[C@H](C(=O)NC1CCN(c2ccc(Cl)nn2)CC1)n1cccn1. The average Bonchev–Trinajstić information content (AvgIpc) is 3.11. The van der Waals surface area contributed by atoms with Crippen molar-refractivity contribution in [3.63, 3.8) is 0 Å². The number of anilines is 1. The van der Waals surface area contributed by atoms with Crippen molar-refractivity contribution in [3.05, 3.63) is 35.7 Å². The lowest BCUT2D eigenvalue weighted by atomic mass is 10.0. The van der Waals surface area contributed by atoms with Gasteiger partial charge in [-0.1, -0.05) is 18.5 Å². The molecule has 1 N–H and O–H groups in total. The van der Waals surface area contributed by atoms with Gasteiger partial charge in [-0.3, -0.25) is 9.48 Å². The second kappa shape index (κ2) is 7.61. The third-order valence-corrected chi connectivity index (χ3v) is 4.52. The first-order valence-corrected chi connectivity index (χ1v) is 8.59. The number of carbonyl (C=O) groups excluding carboxylic acids is 1. The highest BCUT2D eigenvalue weighted by Gasteiger charge is 2.25. The number of hydrogen-bond acceptors (Lipinski definition) is 5. The zero-order valence-electron chi connectivity index (χ0n) is 13.6. The van der Waals surface area contributed by atoms with Crippen LogP contribution in [0.15, 0.2) is 30.6 Å². The quantitative estimate of drug-likeness (QED) is 0.895. The van der Waals surface area contributed by atoms with E-state index in [1.165, 1.54) is 0 Å². The van der Waals surface area contributed by atoms with Crippen molar-refractivity contribution in [3.8, 4) is 0 Å². The minimum Gasteiger partial charge on any atom is -0.355 e. The van der Waals surface area contributed by atoms with Crippen LogP contribution in [0.3, 0.4) is 0 Å². The summed E-state index contributed by atoms with van der Waals surface area (Å²) < 4.78 is 1.72. The van der Waals surface area contributed by atoms with Crippen molar-refractivity contribution in [2.75, 3.05) is 18.0 Å². The Labute approximate surface area is 146 Å². The van der Waals surface area contributed by atoms with E-state index in [4.69, 9.17) is 11.6 Å². The predicted octanol–water partition coefficient (Wildman–Crippen LogP) is 2.06. The summed E-state index contributed by atoms with van der Waals surface area (Å²) in [5.41, 5.74) is 0. The largest absolute Gasteiger partial charge is 0.355 e. The molecule has 1 aliphatic heterocycles. The number of carbonyl (C=O) groups is 1. The lowest BCUT2D eigenvalue weighted by Crippen LogP contribution is -2.46. The summed E-state index contributed by atoms with van der Waals surface area (Å²) in [4.78, 5) is 14.7. The normalized spacial score (nSPS) is 16.8. The van der Waals surface area contributed by atoms with Gasteiger partial charge >= 0.3 is 0 Å². The van der Waals surface area contributed by atoms with E-state index in [1.54, 1.807) is 16.9 Å². The molecule has 3 rings (SSSR count). The topological polar surface area (TPSA) is 75.9 Å². The van der Waals surface area contributed by atoms with Crippen LogP contribution in [0, 0.1) is 0 Å². The molecule has 1 fully saturated rings. The van der Waals surface area contributed by atoms with Gasteiger partial charge in [0.15, 0.2) is 11.0 Å². The third-order valence-electron chi connectivity index (χ3n) is 4.32. The van der Waals surface area contributed by atoms with Gasteiger partial charge in [0.2, 0.25) is 5.91 Å². The van der Waals surface area contributed by atoms with E-state index in [-0.39, 0.29) is 18.0 Å². The molecule has 1 amide bonds. The van der Waals surface area contributed by atoms with E-state index in [2.05, 4.69) is 25.5 Å².